The zero-order valence-corrected chi connectivity index (χ0v) is 8.58. The van der Waals surface area contributed by atoms with Gasteiger partial charge in [-0.25, -0.2) is 0 Å². The first-order valence-corrected chi connectivity index (χ1v) is 5.13. The van der Waals surface area contributed by atoms with Gasteiger partial charge in [0.05, 0.1) is 0 Å². The van der Waals surface area contributed by atoms with E-state index in [1.807, 2.05) is 6.92 Å². The topological polar surface area (TPSA) is 29.5 Å². The van der Waals surface area contributed by atoms with Crippen molar-refractivity contribution < 1.29 is 9.53 Å². The fourth-order valence-corrected chi connectivity index (χ4v) is 1.60. The molecule has 0 spiro atoms. The number of nitrogens with zero attached hydrogens (tertiary/aromatic N) is 1. The summed E-state index contributed by atoms with van der Waals surface area (Å²) in [6.45, 7) is 6.81. The monoisotopic (exact) mass is 185 g/mol. The Balaban J connectivity index is 2.16. The molecule has 1 heterocycles. The van der Waals surface area contributed by atoms with Gasteiger partial charge in [0.2, 0.25) is 0 Å². The number of carbonyl (C=O) groups is 1. The van der Waals surface area contributed by atoms with Crippen molar-refractivity contribution in [3.63, 3.8) is 0 Å². The van der Waals surface area contributed by atoms with Gasteiger partial charge in [-0.3, -0.25) is 9.69 Å². The Morgan fingerprint density at radius 2 is 2.08 bits per heavy atom. The fraction of sp³-hybridized carbons (Fsp3) is 0.900. The Hall–Kier alpha value is -0.570. The minimum absolute atomic E-state index is 0.0916. The van der Waals surface area contributed by atoms with Gasteiger partial charge in [0, 0.05) is 12.5 Å². The summed E-state index contributed by atoms with van der Waals surface area (Å²) in [6, 6.07) is 0.387. The third-order valence-electron chi connectivity index (χ3n) is 2.54. The molecule has 1 saturated heterocycles. The average molecular weight is 185 g/mol. The van der Waals surface area contributed by atoms with E-state index < -0.39 is 0 Å². The molecule has 1 rings (SSSR count). The molecule has 3 heteroatoms. The number of rotatable bonds is 4. The molecule has 0 saturated carbocycles. The number of esters is 1. The van der Waals surface area contributed by atoms with Gasteiger partial charge in [-0.1, -0.05) is 6.92 Å². The third kappa shape index (κ3) is 3.35. The van der Waals surface area contributed by atoms with E-state index >= 15 is 0 Å². The molecule has 1 aliphatic rings. The van der Waals surface area contributed by atoms with Crippen LogP contribution in [0.25, 0.3) is 0 Å². The van der Waals surface area contributed by atoms with Gasteiger partial charge in [-0.2, -0.15) is 0 Å². The van der Waals surface area contributed by atoms with Crippen molar-refractivity contribution in [3.05, 3.63) is 0 Å². The van der Waals surface area contributed by atoms with Crippen LogP contribution in [0.2, 0.25) is 0 Å². The molecule has 0 aromatic rings. The van der Waals surface area contributed by atoms with Gasteiger partial charge in [0.1, 0.15) is 6.61 Å². The molecule has 0 aromatic carbocycles. The van der Waals surface area contributed by atoms with E-state index in [0.717, 1.165) is 13.1 Å². The van der Waals surface area contributed by atoms with Gasteiger partial charge >= 0.3 is 5.97 Å². The first-order valence-electron chi connectivity index (χ1n) is 5.13. The van der Waals surface area contributed by atoms with Crippen molar-refractivity contribution >= 4 is 5.97 Å². The van der Waals surface area contributed by atoms with Crippen LogP contribution in [0.1, 0.15) is 33.1 Å². The lowest BCUT2D eigenvalue weighted by Gasteiger charge is -2.22. The molecule has 3 nitrogen and oxygen atoms in total. The lowest BCUT2D eigenvalue weighted by molar-refractivity contribution is -0.144. The Labute approximate surface area is 80.1 Å². The van der Waals surface area contributed by atoms with Crippen LogP contribution in [0.15, 0.2) is 0 Å². The van der Waals surface area contributed by atoms with E-state index in [1.165, 1.54) is 12.8 Å². The lowest BCUT2D eigenvalue weighted by atomic mass is 10.3. The third-order valence-corrected chi connectivity index (χ3v) is 2.54. The Morgan fingerprint density at radius 3 is 2.62 bits per heavy atom. The highest BCUT2D eigenvalue weighted by Crippen LogP contribution is 2.11. The molecule has 0 amide bonds. The predicted molar refractivity (Wildman–Crippen MR) is 51.5 cm³/mol. The molecular formula is C10H19NO2. The summed E-state index contributed by atoms with van der Waals surface area (Å²) >= 11 is 0. The van der Waals surface area contributed by atoms with Crippen LogP contribution in [-0.2, 0) is 9.53 Å². The Bertz CT molecular complexity index is 164. The maximum absolute atomic E-state index is 10.9. The van der Waals surface area contributed by atoms with Crippen LogP contribution in [0.3, 0.4) is 0 Å². The van der Waals surface area contributed by atoms with E-state index in [0.29, 0.717) is 19.1 Å². The van der Waals surface area contributed by atoms with Gasteiger partial charge in [0.25, 0.3) is 0 Å². The van der Waals surface area contributed by atoms with E-state index in [-0.39, 0.29) is 5.97 Å². The van der Waals surface area contributed by atoms with Crippen LogP contribution >= 0.6 is 0 Å². The molecule has 0 aromatic heterocycles. The largest absolute Gasteiger partial charge is 0.464 e. The van der Waals surface area contributed by atoms with Crippen molar-refractivity contribution in [2.45, 2.75) is 39.2 Å². The highest BCUT2D eigenvalue weighted by atomic mass is 16.5. The summed E-state index contributed by atoms with van der Waals surface area (Å²) in [5, 5.41) is 0. The number of ether oxygens (including phenoxy) is 1. The second kappa shape index (κ2) is 5.22. The minimum Gasteiger partial charge on any atom is -0.464 e. The first-order chi connectivity index (χ1) is 6.24. The van der Waals surface area contributed by atoms with Crippen LogP contribution in [-0.4, -0.2) is 36.6 Å². The maximum atomic E-state index is 10.9. The molecule has 1 fully saturated rings. The summed E-state index contributed by atoms with van der Waals surface area (Å²) < 4.78 is 5.08. The van der Waals surface area contributed by atoms with E-state index in [9.17, 15) is 4.79 Å². The first kappa shape index (κ1) is 10.5. The van der Waals surface area contributed by atoms with Crippen LogP contribution in [0.5, 0.6) is 0 Å². The van der Waals surface area contributed by atoms with Crippen molar-refractivity contribution in [2.75, 3.05) is 19.7 Å². The average Bonchev–Trinajstić information content (AvgIpc) is 2.66. The fourth-order valence-electron chi connectivity index (χ4n) is 1.60. The van der Waals surface area contributed by atoms with E-state index in [4.69, 9.17) is 4.74 Å². The Morgan fingerprint density at radius 1 is 1.46 bits per heavy atom. The molecule has 1 atom stereocenters. The lowest BCUT2D eigenvalue weighted by Crippen LogP contribution is -2.34. The number of hydrogen-bond acceptors (Lipinski definition) is 3. The standard InChI is InChI=1S/C10H19NO2/c1-3-10(12)13-8-9(2)11-6-4-5-7-11/h9H,3-8H2,1-2H3. The van der Waals surface area contributed by atoms with Crippen LogP contribution in [0.4, 0.5) is 0 Å². The zero-order valence-electron chi connectivity index (χ0n) is 8.58. The van der Waals surface area contributed by atoms with Crippen molar-refractivity contribution in [1.29, 1.82) is 0 Å². The Kier molecular flexibility index (Phi) is 4.22. The maximum Gasteiger partial charge on any atom is 0.305 e. The minimum atomic E-state index is -0.0916. The van der Waals surface area contributed by atoms with Crippen LogP contribution < -0.4 is 0 Å². The molecule has 0 aliphatic carbocycles. The zero-order chi connectivity index (χ0) is 9.68. The van der Waals surface area contributed by atoms with Gasteiger partial charge in [0.15, 0.2) is 0 Å². The molecule has 1 unspecified atom stereocenters. The molecule has 1 aliphatic heterocycles. The van der Waals surface area contributed by atoms with Gasteiger partial charge in [-0.05, 0) is 32.9 Å². The second-order valence-electron chi connectivity index (χ2n) is 3.63. The van der Waals surface area contributed by atoms with Crippen molar-refractivity contribution in [2.24, 2.45) is 0 Å². The van der Waals surface area contributed by atoms with Crippen molar-refractivity contribution in [1.82, 2.24) is 4.90 Å². The predicted octanol–water partition coefficient (Wildman–Crippen LogP) is 1.42. The number of carbonyl (C=O) groups excluding carboxylic acids is 1. The summed E-state index contributed by atoms with van der Waals surface area (Å²) in [4.78, 5) is 13.3. The van der Waals surface area contributed by atoms with Gasteiger partial charge < -0.3 is 4.74 Å². The summed E-state index contributed by atoms with van der Waals surface area (Å²) in [5.41, 5.74) is 0. The molecule has 0 bridgehead atoms. The normalized spacial score (nSPS) is 20.2. The number of hydrogen-bond donors (Lipinski definition) is 0. The van der Waals surface area contributed by atoms with E-state index in [1.54, 1.807) is 0 Å². The SMILES string of the molecule is CCC(=O)OCC(C)N1CCCC1. The molecule has 0 radical (unpaired) electrons. The van der Waals surface area contributed by atoms with Gasteiger partial charge in [-0.15, -0.1) is 0 Å². The summed E-state index contributed by atoms with van der Waals surface area (Å²) in [5.74, 6) is -0.0916. The molecular weight excluding hydrogens is 166 g/mol. The second-order valence-corrected chi connectivity index (χ2v) is 3.63. The summed E-state index contributed by atoms with van der Waals surface area (Å²) in [6.07, 6.45) is 3.05. The van der Waals surface area contributed by atoms with Crippen molar-refractivity contribution in [3.8, 4) is 0 Å². The van der Waals surface area contributed by atoms with E-state index in [2.05, 4.69) is 11.8 Å². The highest BCUT2D eigenvalue weighted by Gasteiger charge is 2.18. The molecule has 13 heavy (non-hydrogen) atoms. The highest BCUT2D eigenvalue weighted by molar-refractivity contribution is 5.68. The summed E-state index contributed by atoms with van der Waals surface area (Å²) in [7, 11) is 0. The van der Waals surface area contributed by atoms with Crippen LogP contribution in [0, 0.1) is 0 Å². The smallest absolute Gasteiger partial charge is 0.305 e. The number of likely N-dealkylation sites (tertiary alicyclic amines) is 1. The molecule has 0 N–H and O–H groups in total. The molecule has 76 valence electrons. The quantitative estimate of drug-likeness (QED) is 0.620.